The molecule has 0 aliphatic heterocycles. The molecule has 3 rings (SSSR count). The molecule has 0 aliphatic carbocycles. The first-order valence-electron chi connectivity index (χ1n) is 6.74. The minimum Gasteiger partial charge on any atom is -0.482 e. The van der Waals surface area contributed by atoms with Gasteiger partial charge in [-0.05, 0) is 25.1 Å². The summed E-state index contributed by atoms with van der Waals surface area (Å²) in [5.41, 5.74) is 2.11. The van der Waals surface area contributed by atoms with Crippen LogP contribution in [0.3, 0.4) is 0 Å². The standard InChI is InChI=1S/C17H13F2NO2/c1-10-17(12-4-2-3-5-14(12)20-10)15(21)9-22-16-7-6-11(18)8-13(16)19/h2-8,20H,9H2,1H3. The molecule has 1 aromatic heterocycles. The molecule has 0 saturated carbocycles. The van der Waals surface area contributed by atoms with Crippen LogP contribution in [0, 0.1) is 18.6 Å². The van der Waals surface area contributed by atoms with Crippen molar-refractivity contribution in [3.8, 4) is 5.75 Å². The number of nitrogens with one attached hydrogen (secondary N) is 1. The number of ketones is 1. The van der Waals surface area contributed by atoms with Gasteiger partial charge in [-0.3, -0.25) is 4.79 Å². The zero-order chi connectivity index (χ0) is 15.7. The molecular formula is C17H13F2NO2. The Bertz CT molecular complexity index is 855. The first-order chi connectivity index (χ1) is 10.6. The molecule has 3 aromatic rings. The lowest BCUT2D eigenvalue weighted by molar-refractivity contribution is 0.0920. The molecule has 1 N–H and O–H groups in total. The second-order valence-corrected chi connectivity index (χ2v) is 4.96. The van der Waals surface area contributed by atoms with Crippen LogP contribution < -0.4 is 4.74 Å². The van der Waals surface area contributed by atoms with Crippen molar-refractivity contribution in [1.29, 1.82) is 0 Å². The zero-order valence-electron chi connectivity index (χ0n) is 11.8. The van der Waals surface area contributed by atoms with E-state index in [1.54, 1.807) is 6.92 Å². The number of para-hydroxylation sites is 1. The predicted octanol–water partition coefficient (Wildman–Crippen LogP) is 4.02. The van der Waals surface area contributed by atoms with E-state index < -0.39 is 11.6 Å². The molecule has 0 aliphatic rings. The number of halogens is 2. The third-order valence-electron chi connectivity index (χ3n) is 3.43. The van der Waals surface area contributed by atoms with Crippen molar-refractivity contribution in [2.45, 2.75) is 6.92 Å². The summed E-state index contributed by atoms with van der Waals surface area (Å²) in [7, 11) is 0. The lowest BCUT2D eigenvalue weighted by Crippen LogP contribution is -2.13. The Hall–Kier alpha value is -2.69. The third kappa shape index (κ3) is 2.57. The number of aromatic nitrogens is 1. The fraction of sp³-hybridized carbons (Fsp3) is 0.118. The van der Waals surface area contributed by atoms with Crippen LogP contribution >= 0.6 is 0 Å². The maximum absolute atomic E-state index is 13.5. The SMILES string of the molecule is Cc1[nH]c2ccccc2c1C(=O)COc1ccc(F)cc1F. The molecular weight excluding hydrogens is 288 g/mol. The fourth-order valence-corrected chi connectivity index (χ4v) is 2.44. The molecule has 112 valence electrons. The molecule has 0 fully saturated rings. The molecule has 2 aromatic carbocycles. The number of carbonyl (C=O) groups excluding carboxylic acids is 1. The molecule has 1 heterocycles. The number of H-pyrrole nitrogens is 1. The van der Waals surface area contributed by atoms with E-state index >= 15 is 0 Å². The summed E-state index contributed by atoms with van der Waals surface area (Å²) in [5.74, 6) is -1.93. The topological polar surface area (TPSA) is 42.1 Å². The number of fused-ring (bicyclic) bond motifs is 1. The molecule has 22 heavy (non-hydrogen) atoms. The zero-order valence-corrected chi connectivity index (χ0v) is 11.8. The third-order valence-corrected chi connectivity index (χ3v) is 3.43. The summed E-state index contributed by atoms with van der Waals surface area (Å²) >= 11 is 0. The number of hydrogen-bond donors (Lipinski definition) is 1. The Morgan fingerprint density at radius 3 is 2.73 bits per heavy atom. The summed E-state index contributed by atoms with van der Waals surface area (Å²) in [5, 5.41) is 0.799. The van der Waals surface area contributed by atoms with Gasteiger partial charge in [0, 0.05) is 28.2 Å². The second kappa shape index (κ2) is 5.60. The van der Waals surface area contributed by atoms with Gasteiger partial charge in [0.15, 0.2) is 18.2 Å². The molecule has 0 bridgehead atoms. The van der Waals surface area contributed by atoms with Crippen LogP contribution in [-0.2, 0) is 0 Å². The van der Waals surface area contributed by atoms with E-state index in [9.17, 15) is 13.6 Å². The maximum atomic E-state index is 13.5. The molecule has 5 heteroatoms. The van der Waals surface area contributed by atoms with Crippen molar-refractivity contribution in [1.82, 2.24) is 4.98 Å². The quantitative estimate of drug-likeness (QED) is 0.740. The molecule has 0 unspecified atom stereocenters. The highest BCUT2D eigenvalue weighted by molar-refractivity contribution is 6.09. The van der Waals surface area contributed by atoms with E-state index in [-0.39, 0.29) is 18.1 Å². The van der Waals surface area contributed by atoms with Gasteiger partial charge in [0.1, 0.15) is 5.82 Å². The van der Waals surface area contributed by atoms with Gasteiger partial charge in [0.25, 0.3) is 0 Å². The summed E-state index contributed by atoms with van der Waals surface area (Å²) in [6.07, 6.45) is 0. The van der Waals surface area contributed by atoms with Crippen molar-refractivity contribution in [3.63, 3.8) is 0 Å². The van der Waals surface area contributed by atoms with E-state index in [2.05, 4.69) is 4.98 Å². The molecule has 0 spiro atoms. The number of aryl methyl sites for hydroxylation is 1. The van der Waals surface area contributed by atoms with Gasteiger partial charge in [0.05, 0.1) is 0 Å². The normalized spacial score (nSPS) is 10.9. The van der Waals surface area contributed by atoms with Crippen LogP contribution in [0.15, 0.2) is 42.5 Å². The van der Waals surface area contributed by atoms with Crippen molar-refractivity contribution in [2.24, 2.45) is 0 Å². The molecule has 0 radical (unpaired) electrons. The Labute approximate surface area is 125 Å². The summed E-state index contributed by atoms with van der Waals surface area (Å²) in [6, 6.07) is 10.4. The van der Waals surface area contributed by atoms with Gasteiger partial charge in [-0.15, -0.1) is 0 Å². The maximum Gasteiger partial charge on any atom is 0.202 e. The molecule has 0 amide bonds. The Balaban J connectivity index is 1.83. The average Bonchev–Trinajstić information content (AvgIpc) is 2.82. The Kier molecular flexibility index (Phi) is 3.63. The van der Waals surface area contributed by atoms with Crippen LogP contribution in [-0.4, -0.2) is 17.4 Å². The van der Waals surface area contributed by atoms with Crippen LogP contribution in [0.1, 0.15) is 16.1 Å². The highest BCUT2D eigenvalue weighted by atomic mass is 19.1. The first-order valence-corrected chi connectivity index (χ1v) is 6.74. The molecule has 0 saturated heterocycles. The lowest BCUT2D eigenvalue weighted by atomic mass is 10.1. The first kappa shape index (κ1) is 14.3. The smallest absolute Gasteiger partial charge is 0.202 e. The number of carbonyl (C=O) groups is 1. The van der Waals surface area contributed by atoms with Crippen molar-refractivity contribution in [3.05, 3.63) is 65.4 Å². The van der Waals surface area contributed by atoms with Crippen molar-refractivity contribution < 1.29 is 18.3 Å². The lowest BCUT2D eigenvalue weighted by Gasteiger charge is -2.07. The van der Waals surface area contributed by atoms with Gasteiger partial charge >= 0.3 is 0 Å². The van der Waals surface area contributed by atoms with E-state index in [1.165, 1.54) is 6.07 Å². The second-order valence-electron chi connectivity index (χ2n) is 4.96. The highest BCUT2D eigenvalue weighted by Gasteiger charge is 2.17. The summed E-state index contributed by atoms with van der Waals surface area (Å²) in [6.45, 7) is 1.48. The van der Waals surface area contributed by atoms with Crippen molar-refractivity contribution >= 4 is 16.7 Å². The minimum absolute atomic E-state index is 0.146. The van der Waals surface area contributed by atoms with Gasteiger partial charge in [-0.1, -0.05) is 18.2 Å². The molecule has 3 nitrogen and oxygen atoms in total. The Morgan fingerprint density at radius 2 is 1.95 bits per heavy atom. The van der Waals surface area contributed by atoms with E-state index in [0.29, 0.717) is 5.56 Å². The fourth-order valence-electron chi connectivity index (χ4n) is 2.44. The van der Waals surface area contributed by atoms with E-state index in [4.69, 9.17) is 4.74 Å². The average molecular weight is 301 g/mol. The number of Topliss-reactive ketones (excluding diaryl/α,β-unsaturated/α-hetero) is 1. The van der Waals surface area contributed by atoms with Gasteiger partial charge < -0.3 is 9.72 Å². The number of ether oxygens (including phenoxy) is 1. The number of benzene rings is 2. The van der Waals surface area contributed by atoms with Gasteiger partial charge in [-0.25, -0.2) is 8.78 Å². The minimum atomic E-state index is -0.830. The van der Waals surface area contributed by atoms with Crippen LogP contribution in [0.5, 0.6) is 5.75 Å². The predicted molar refractivity (Wildman–Crippen MR) is 79.2 cm³/mol. The largest absolute Gasteiger partial charge is 0.482 e. The number of hydrogen-bond acceptors (Lipinski definition) is 2. The van der Waals surface area contributed by atoms with Crippen molar-refractivity contribution in [2.75, 3.05) is 6.61 Å². The monoisotopic (exact) mass is 301 g/mol. The van der Waals surface area contributed by atoms with Crippen LogP contribution in [0.2, 0.25) is 0 Å². The van der Waals surface area contributed by atoms with E-state index in [1.807, 2.05) is 24.3 Å². The number of rotatable bonds is 4. The van der Waals surface area contributed by atoms with Gasteiger partial charge in [-0.2, -0.15) is 0 Å². The summed E-state index contributed by atoms with van der Waals surface area (Å²) < 4.78 is 31.5. The summed E-state index contributed by atoms with van der Waals surface area (Å²) in [4.78, 5) is 15.5. The van der Waals surface area contributed by atoms with Crippen LogP contribution in [0.4, 0.5) is 8.78 Å². The van der Waals surface area contributed by atoms with Crippen LogP contribution in [0.25, 0.3) is 10.9 Å². The highest BCUT2D eigenvalue weighted by Crippen LogP contribution is 2.23. The molecule has 0 atom stereocenters. The van der Waals surface area contributed by atoms with E-state index in [0.717, 1.165) is 28.7 Å². The Morgan fingerprint density at radius 1 is 1.18 bits per heavy atom. The van der Waals surface area contributed by atoms with Gasteiger partial charge in [0.2, 0.25) is 5.78 Å². The number of aromatic amines is 1.